The Morgan fingerprint density at radius 3 is 2.36 bits per heavy atom. The lowest BCUT2D eigenvalue weighted by molar-refractivity contribution is -0.143. The minimum absolute atomic E-state index is 0.000312. The van der Waals surface area contributed by atoms with E-state index in [9.17, 15) is 27.2 Å². The molecule has 0 unspecified atom stereocenters. The van der Waals surface area contributed by atoms with Crippen LogP contribution in [-0.2, 0) is 6.18 Å². The van der Waals surface area contributed by atoms with Gasteiger partial charge in [-0.25, -0.2) is 23.8 Å². The van der Waals surface area contributed by atoms with Gasteiger partial charge in [-0.2, -0.15) is 28.5 Å². The molecule has 2 amide bonds. The van der Waals surface area contributed by atoms with Gasteiger partial charge in [0.1, 0.15) is 0 Å². The zero-order valence-corrected chi connectivity index (χ0v) is 18.5. The Hall–Kier alpha value is -4.60. The third-order valence-electron chi connectivity index (χ3n) is 4.54. The number of anilines is 2. The van der Waals surface area contributed by atoms with E-state index in [0.717, 1.165) is 17.1 Å². The Morgan fingerprint density at radius 1 is 1.06 bits per heavy atom. The van der Waals surface area contributed by atoms with Crippen molar-refractivity contribution in [3.8, 4) is 11.6 Å². The van der Waals surface area contributed by atoms with Gasteiger partial charge in [-0.05, 0) is 24.6 Å². The van der Waals surface area contributed by atoms with Crippen LogP contribution in [0.1, 0.15) is 21.6 Å². The molecule has 0 spiro atoms. The van der Waals surface area contributed by atoms with Gasteiger partial charge in [0.2, 0.25) is 0 Å². The minimum Gasteiger partial charge on any atom is -0.465 e. The van der Waals surface area contributed by atoms with E-state index in [1.807, 2.05) is 0 Å². The number of rotatable bonds is 5. The van der Waals surface area contributed by atoms with Crippen molar-refractivity contribution in [2.24, 2.45) is 0 Å². The van der Waals surface area contributed by atoms with Gasteiger partial charge < -0.3 is 10.4 Å². The molecule has 186 valence electrons. The van der Waals surface area contributed by atoms with Crippen molar-refractivity contribution in [2.45, 2.75) is 13.1 Å². The van der Waals surface area contributed by atoms with Crippen LogP contribution in [0.2, 0.25) is 5.02 Å². The standard InChI is InChI=1S/C19H12ClF4N9O3/c1-8-4-12(21)14(31-18(35)36)30-15(8)32-13(19(22,23)24)10(7-28-32)17(34)29-9-5-11(20)16(25-6-9)33-26-2-3-27-33/h2-7H,1H3,(H,29,34)(H,30,31)(H,35,36). The molecule has 0 aliphatic rings. The number of carboxylic acid groups (broad SMARTS) is 1. The van der Waals surface area contributed by atoms with Crippen LogP contribution in [0.4, 0.5) is 33.9 Å². The first-order chi connectivity index (χ1) is 17.0. The number of aromatic nitrogens is 7. The van der Waals surface area contributed by atoms with Gasteiger partial charge >= 0.3 is 12.3 Å². The van der Waals surface area contributed by atoms with Crippen LogP contribution in [0, 0.1) is 12.7 Å². The third-order valence-corrected chi connectivity index (χ3v) is 4.81. The molecule has 12 nitrogen and oxygen atoms in total. The monoisotopic (exact) mass is 525 g/mol. The fraction of sp³-hybridized carbons (Fsp3) is 0.105. The molecule has 17 heteroatoms. The Bertz CT molecular complexity index is 1470. The first-order valence-corrected chi connectivity index (χ1v) is 9.99. The van der Waals surface area contributed by atoms with E-state index in [0.29, 0.717) is 6.20 Å². The summed E-state index contributed by atoms with van der Waals surface area (Å²) in [4.78, 5) is 32.3. The van der Waals surface area contributed by atoms with Gasteiger partial charge in [0.15, 0.2) is 29.0 Å². The van der Waals surface area contributed by atoms with E-state index in [1.165, 1.54) is 25.4 Å². The van der Waals surface area contributed by atoms with Gasteiger partial charge in [0, 0.05) is 0 Å². The average Bonchev–Trinajstić information content (AvgIpc) is 3.45. The Morgan fingerprint density at radius 2 is 1.75 bits per heavy atom. The van der Waals surface area contributed by atoms with Crippen LogP contribution < -0.4 is 10.6 Å². The second kappa shape index (κ2) is 9.21. The number of alkyl halides is 3. The van der Waals surface area contributed by atoms with Crippen LogP contribution in [0.15, 0.2) is 36.9 Å². The van der Waals surface area contributed by atoms with Gasteiger partial charge in [0.25, 0.3) is 5.91 Å². The van der Waals surface area contributed by atoms with Gasteiger partial charge in [-0.15, -0.1) is 4.80 Å². The molecule has 0 radical (unpaired) electrons. The van der Waals surface area contributed by atoms with Crippen molar-refractivity contribution < 1.29 is 32.3 Å². The van der Waals surface area contributed by atoms with E-state index in [1.54, 1.807) is 5.32 Å². The topological polar surface area (TPSA) is 153 Å². The fourth-order valence-corrected chi connectivity index (χ4v) is 3.33. The largest absolute Gasteiger partial charge is 0.465 e. The summed E-state index contributed by atoms with van der Waals surface area (Å²) in [6.07, 6.45) is -2.27. The number of hydrogen-bond donors (Lipinski definition) is 3. The molecule has 0 fully saturated rings. The second-order valence-corrected chi connectivity index (χ2v) is 7.42. The van der Waals surface area contributed by atoms with Crippen LogP contribution in [-0.4, -0.2) is 51.8 Å². The van der Waals surface area contributed by atoms with Crippen LogP contribution in [0.5, 0.6) is 0 Å². The molecule has 4 rings (SSSR count). The summed E-state index contributed by atoms with van der Waals surface area (Å²) < 4.78 is 56.4. The number of carbonyl (C=O) groups excluding carboxylic acids is 1. The maximum atomic E-state index is 14.0. The second-order valence-electron chi connectivity index (χ2n) is 7.01. The molecule has 36 heavy (non-hydrogen) atoms. The lowest BCUT2D eigenvalue weighted by Gasteiger charge is -2.15. The number of halogens is 5. The number of nitrogens with one attached hydrogen (secondary N) is 2. The highest BCUT2D eigenvalue weighted by Crippen LogP contribution is 2.35. The molecule has 0 aliphatic carbocycles. The molecule has 4 aromatic rings. The summed E-state index contributed by atoms with van der Waals surface area (Å²) in [5.41, 5.74) is -2.57. The highest BCUT2D eigenvalue weighted by atomic mass is 35.5. The molecule has 4 aromatic heterocycles. The summed E-state index contributed by atoms with van der Waals surface area (Å²) >= 11 is 6.12. The van der Waals surface area contributed by atoms with Crippen molar-refractivity contribution in [3.63, 3.8) is 0 Å². The summed E-state index contributed by atoms with van der Waals surface area (Å²) in [7, 11) is 0. The first kappa shape index (κ1) is 24.5. The molecule has 0 aromatic carbocycles. The Kier molecular flexibility index (Phi) is 6.28. The number of nitrogens with zero attached hydrogens (tertiary/aromatic N) is 7. The number of carbonyl (C=O) groups is 2. The molecule has 0 bridgehead atoms. The lowest BCUT2D eigenvalue weighted by atomic mass is 10.2. The predicted molar refractivity (Wildman–Crippen MR) is 115 cm³/mol. The zero-order valence-electron chi connectivity index (χ0n) is 17.7. The third kappa shape index (κ3) is 4.78. The Labute approximate surface area is 202 Å². The first-order valence-electron chi connectivity index (χ1n) is 9.62. The summed E-state index contributed by atoms with van der Waals surface area (Å²) in [6.45, 7) is 1.24. The number of hydrogen-bond acceptors (Lipinski definition) is 7. The minimum atomic E-state index is -5.11. The van der Waals surface area contributed by atoms with Crippen molar-refractivity contribution in [3.05, 3.63) is 64.6 Å². The van der Waals surface area contributed by atoms with E-state index in [2.05, 4.69) is 30.6 Å². The van der Waals surface area contributed by atoms with Gasteiger partial charge in [-0.1, -0.05) is 11.6 Å². The molecule has 3 N–H and O–H groups in total. The zero-order chi connectivity index (χ0) is 26.2. The van der Waals surface area contributed by atoms with Crippen LogP contribution >= 0.6 is 11.6 Å². The van der Waals surface area contributed by atoms with E-state index >= 15 is 0 Å². The molecule has 0 aliphatic heterocycles. The number of pyridine rings is 2. The average molecular weight is 526 g/mol. The van der Waals surface area contributed by atoms with Crippen molar-refractivity contribution >= 4 is 35.1 Å². The van der Waals surface area contributed by atoms with Crippen molar-refractivity contribution in [2.75, 3.05) is 10.6 Å². The maximum Gasteiger partial charge on any atom is 0.434 e. The van der Waals surface area contributed by atoms with Crippen LogP contribution in [0.25, 0.3) is 11.6 Å². The SMILES string of the molecule is Cc1cc(F)c(NC(=O)O)nc1-n1ncc(C(=O)Nc2cnc(-n3nccn3)c(Cl)c2)c1C(F)(F)F. The number of aryl methyl sites for hydroxylation is 1. The highest BCUT2D eigenvalue weighted by Gasteiger charge is 2.41. The van der Waals surface area contributed by atoms with Gasteiger partial charge in [0.05, 0.1) is 41.1 Å². The van der Waals surface area contributed by atoms with E-state index in [-0.39, 0.29) is 26.8 Å². The molecular weight excluding hydrogens is 514 g/mol. The molecule has 0 saturated carbocycles. The van der Waals surface area contributed by atoms with Gasteiger partial charge in [-0.3, -0.25) is 10.1 Å². The molecule has 0 atom stereocenters. The Balaban J connectivity index is 1.72. The maximum absolute atomic E-state index is 14.0. The summed E-state index contributed by atoms with van der Waals surface area (Å²) in [5, 5.41) is 24.0. The lowest BCUT2D eigenvalue weighted by Crippen LogP contribution is -2.22. The van der Waals surface area contributed by atoms with Crippen molar-refractivity contribution in [1.29, 1.82) is 0 Å². The molecule has 0 saturated heterocycles. The smallest absolute Gasteiger partial charge is 0.434 e. The quantitative estimate of drug-likeness (QED) is 0.333. The van der Waals surface area contributed by atoms with Crippen molar-refractivity contribution in [1.82, 2.24) is 34.7 Å². The predicted octanol–water partition coefficient (Wildman–Crippen LogP) is 3.70. The summed E-state index contributed by atoms with van der Waals surface area (Å²) in [6, 6.07) is 2.01. The van der Waals surface area contributed by atoms with Crippen LogP contribution in [0.3, 0.4) is 0 Å². The molecular formula is C19H12ClF4N9O3. The summed E-state index contributed by atoms with van der Waals surface area (Å²) in [5.74, 6) is -3.60. The highest BCUT2D eigenvalue weighted by molar-refractivity contribution is 6.32. The van der Waals surface area contributed by atoms with E-state index in [4.69, 9.17) is 16.7 Å². The van der Waals surface area contributed by atoms with E-state index < -0.39 is 46.9 Å². The fourth-order valence-electron chi connectivity index (χ4n) is 3.09. The number of amides is 2. The molecule has 4 heterocycles. The normalized spacial score (nSPS) is 11.4.